The van der Waals surface area contributed by atoms with Crippen molar-refractivity contribution in [2.75, 3.05) is 33.9 Å². The van der Waals surface area contributed by atoms with Gasteiger partial charge in [-0.15, -0.1) is 0 Å². The summed E-state index contributed by atoms with van der Waals surface area (Å²) in [5.74, 6) is 0. The maximum Gasteiger partial charge on any atom is 0.0736 e. The summed E-state index contributed by atoms with van der Waals surface area (Å²) in [5, 5.41) is 0. The molecular formula is C12H26N2O2. The van der Waals surface area contributed by atoms with Crippen LogP contribution in [-0.4, -0.2) is 56.5 Å². The number of nitrogens with zero attached hydrogens (tertiary/aromatic N) is 1. The molecule has 1 heterocycles. The smallest absolute Gasteiger partial charge is 0.0736 e. The van der Waals surface area contributed by atoms with Gasteiger partial charge in [-0.1, -0.05) is 0 Å². The van der Waals surface area contributed by atoms with E-state index in [2.05, 4.69) is 25.8 Å². The van der Waals surface area contributed by atoms with Crippen molar-refractivity contribution in [2.24, 2.45) is 5.73 Å². The van der Waals surface area contributed by atoms with Gasteiger partial charge in [-0.25, -0.2) is 0 Å². The van der Waals surface area contributed by atoms with Gasteiger partial charge in [0.15, 0.2) is 0 Å². The van der Waals surface area contributed by atoms with E-state index in [1.54, 1.807) is 7.11 Å². The Morgan fingerprint density at radius 3 is 2.50 bits per heavy atom. The Kier molecular flexibility index (Phi) is 5.18. The predicted octanol–water partition coefficient (Wildman–Crippen LogP) is 0.850. The predicted molar refractivity (Wildman–Crippen MR) is 65.5 cm³/mol. The van der Waals surface area contributed by atoms with Crippen molar-refractivity contribution in [3.8, 4) is 0 Å². The molecule has 0 aliphatic carbocycles. The molecule has 0 radical (unpaired) electrons. The quantitative estimate of drug-likeness (QED) is 0.760. The Hall–Kier alpha value is -0.160. The molecule has 1 saturated heterocycles. The molecule has 4 heteroatoms. The molecule has 1 aliphatic heterocycles. The first-order chi connectivity index (χ1) is 7.56. The van der Waals surface area contributed by atoms with Crippen LogP contribution in [0, 0.1) is 0 Å². The second kappa shape index (κ2) is 5.96. The summed E-state index contributed by atoms with van der Waals surface area (Å²) in [6, 6.07) is 0.555. The lowest BCUT2D eigenvalue weighted by Crippen LogP contribution is -2.61. The minimum atomic E-state index is -0.100. The number of likely N-dealkylation sites (N-methyl/N-ethyl adjacent to an activating group) is 1. The van der Waals surface area contributed by atoms with E-state index in [0.717, 1.165) is 26.1 Å². The molecule has 1 aliphatic rings. The second-order valence-electron chi connectivity index (χ2n) is 4.89. The summed E-state index contributed by atoms with van der Waals surface area (Å²) in [7, 11) is 3.90. The second-order valence-corrected chi connectivity index (χ2v) is 4.89. The van der Waals surface area contributed by atoms with Crippen molar-refractivity contribution in [1.82, 2.24) is 4.90 Å². The third kappa shape index (κ3) is 2.74. The van der Waals surface area contributed by atoms with Gasteiger partial charge in [0.25, 0.3) is 0 Å². The van der Waals surface area contributed by atoms with E-state index in [4.69, 9.17) is 15.2 Å². The fourth-order valence-electron chi connectivity index (χ4n) is 2.34. The van der Waals surface area contributed by atoms with Gasteiger partial charge in [-0.05, 0) is 33.7 Å². The molecule has 0 amide bonds. The van der Waals surface area contributed by atoms with Gasteiger partial charge >= 0.3 is 0 Å². The van der Waals surface area contributed by atoms with Crippen molar-refractivity contribution in [1.29, 1.82) is 0 Å². The lowest BCUT2D eigenvalue weighted by atomic mass is 9.90. The summed E-state index contributed by atoms with van der Waals surface area (Å²) in [6.45, 7) is 6.59. The van der Waals surface area contributed by atoms with E-state index in [1.807, 2.05) is 0 Å². The fraction of sp³-hybridized carbons (Fsp3) is 1.00. The molecule has 4 nitrogen and oxygen atoms in total. The highest BCUT2D eigenvalue weighted by Gasteiger charge is 2.38. The maximum absolute atomic E-state index is 5.94. The maximum atomic E-state index is 5.94. The summed E-state index contributed by atoms with van der Waals surface area (Å²) in [6.07, 6.45) is 2.30. The molecule has 96 valence electrons. The molecule has 16 heavy (non-hydrogen) atoms. The molecule has 0 spiro atoms. The molecule has 1 fully saturated rings. The first kappa shape index (κ1) is 13.9. The van der Waals surface area contributed by atoms with Gasteiger partial charge in [0.2, 0.25) is 0 Å². The number of nitrogens with two attached hydrogens (primary N) is 1. The first-order valence-electron chi connectivity index (χ1n) is 6.09. The van der Waals surface area contributed by atoms with Gasteiger partial charge in [0.05, 0.1) is 11.6 Å². The lowest BCUT2D eigenvalue weighted by molar-refractivity contribution is -0.0601. The summed E-state index contributed by atoms with van der Waals surface area (Å²) >= 11 is 0. The molecule has 2 atom stereocenters. The van der Waals surface area contributed by atoms with Gasteiger partial charge in [0, 0.05) is 32.9 Å². The zero-order valence-electron chi connectivity index (χ0n) is 11.0. The molecule has 0 aromatic carbocycles. The number of hydrogen-bond donors (Lipinski definition) is 1. The van der Waals surface area contributed by atoms with E-state index in [1.165, 1.54) is 0 Å². The number of ether oxygens (including phenoxy) is 2. The van der Waals surface area contributed by atoms with Crippen molar-refractivity contribution in [3.63, 3.8) is 0 Å². The topological polar surface area (TPSA) is 47.7 Å². The van der Waals surface area contributed by atoms with Gasteiger partial charge in [-0.3, -0.25) is 4.90 Å². The first-order valence-corrected chi connectivity index (χ1v) is 6.09. The van der Waals surface area contributed by atoms with E-state index in [-0.39, 0.29) is 11.6 Å². The van der Waals surface area contributed by atoms with Crippen LogP contribution in [0.25, 0.3) is 0 Å². The molecule has 0 aromatic rings. The van der Waals surface area contributed by atoms with Crippen LogP contribution in [0.1, 0.15) is 26.7 Å². The Bertz CT molecular complexity index is 207. The minimum absolute atomic E-state index is 0.100. The van der Waals surface area contributed by atoms with Crippen LogP contribution in [0.15, 0.2) is 0 Å². The Morgan fingerprint density at radius 1 is 1.50 bits per heavy atom. The Morgan fingerprint density at radius 2 is 2.06 bits per heavy atom. The summed E-state index contributed by atoms with van der Waals surface area (Å²) in [4.78, 5) is 2.38. The molecule has 1 rings (SSSR count). The molecular weight excluding hydrogens is 204 g/mol. The zero-order chi connectivity index (χ0) is 12.2. The molecule has 2 unspecified atom stereocenters. The van der Waals surface area contributed by atoms with E-state index < -0.39 is 0 Å². The van der Waals surface area contributed by atoms with Crippen molar-refractivity contribution >= 4 is 0 Å². The van der Waals surface area contributed by atoms with Crippen LogP contribution in [0.2, 0.25) is 0 Å². The highest BCUT2D eigenvalue weighted by Crippen LogP contribution is 2.25. The number of methoxy groups -OCH3 is 1. The van der Waals surface area contributed by atoms with Gasteiger partial charge < -0.3 is 15.2 Å². The molecule has 0 aromatic heterocycles. The zero-order valence-corrected chi connectivity index (χ0v) is 11.0. The van der Waals surface area contributed by atoms with Crippen molar-refractivity contribution < 1.29 is 9.47 Å². The minimum Gasteiger partial charge on any atom is -0.381 e. The van der Waals surface area contributed by atoms with Crippen LogP contribution in [-0.2, 0) is 9.47 Å². The molecule has 2 N–H and O–H groups in total. The Balaban J connectivity index is 2.69. The van der Waals surface area contributed by atoms with Crippen LogP contribution >= 0.6 is 0 Å². The monoisotopic (exact) mass is 230 g/mol. The largest absolute Gasteiger partial charge is 0.381 e. The number of hydrogen-bond acceptors (Lipinski definition) is 4. The fourth-order valence-corrected chi connectivity index (χ4v) is 2.34. The lowest BCUT2D eigenvalue weighted by Gasteiger charge is -2.47. The third-order valence-corrected chi connectivity index (χ3v) is 4.19. The molecule has 0 saturated carbocycles. The number of rotatable bonds is 5. The van der Waals surface area contributed by atoms with Crippen molar-refractivity contribution in [2.45, 2.75) is 44.4 Å². The highest BCUT2D eigenvalue weighted by atomic mass is 16.5. The standard InChI is InChI=1S/C12H26N2O2/c1-10(15-4)12(2,9-13)14(3)11-5-7-16-8-6-11/h10-11H,5-9,13H2,1-4H3. The SMILES string of the molecule is COC(C)C(C)(CN)N(C)C1CCOCC1. The van der Waals surface area contributed by atoms with Crippen LogP contribution in [0.3, 0.4) is 0 Å². The molecule has 0 bridgehead atoms. The van der Waals surface area contributed by atoms with Crippen molar-refractivity contribution in [3.05, 3.63) is 0 Å². The third-order valence-electron chi connectivity index (χ3n) is 4.19. The van der Waals surface area contributed by atoms with Gasteiger partial charge in [-0.2, -0.15) is 0 Å². The summed E-state index contributed by atoms with van der Waals surface area (Å²) < 4.78 is 10.9. The van der Waals surface area contributed by atoms with Crippen LogP contribution in [0.5, 0.6) is 0 Å². The average molecular weight is 230 g/mol. The van der Waals surface area contributed by atoms with Gasteiger partial charge in [0.1, 0.15) is 0 Å². The summed E-state index contributed by atoms with van der Waals surface area (Å²) in [5.41, 5.74) is 5.84. The van der Waals surface area contributed by atoms with E-state index in [9.17, 15) is 0 Å². The van der Waals surface area contributed by atoms with Crippen LogP contribution < -0.4 is 5.73 Å². The average Bonchev–Trinajstić information content (AvgIpc) is 2.36. The highest BCUT2D eigenvalue weighted by molar-refractivity contribution is 4.94. The van der Waals surface area contributed by atoms with E-state index in [0.29, 0.717) is 12.6 Å². The normalized spacial score (nSPS) is 24.4. The van der Waals surface area contributed by atoms with E-state index >= 15 is 0 Å². The Labute approximate surface area is 99.1 Å². The van der Waals surface area contributed by atoms with Crippen LogP contribution in [0.4, 0.5) is 0 Å².